The average molecular weight is 284 g/mol. The Bertz CT molecular complexity index is 480. The molecule has 1 aromatic rings. The van der Waals surface area contributed by atoms with Crippen molar-refractivity contribution >= 4 is 23.1 Å². The lowest BCUT2D eigenvalue weighted by Crippen LogP contribution is -2.43. The molecule has 0 saturated carbocycles. The molecule has 1 unspecified atom stereocenters. The number of halogens is 1. The minimum atomic E-state index is -0.643. The first-order valence-electron chi connectivity index (χ1n) is 5.93. The number of amides is 1. The van der Waals surface area contributed by atoms with E-state index in [4.69, 9.17) is 22.7 Å². The van der Waals surface area contributed by atoms with E-state index in [0.29, 0.717) is 12.2 Å². The first-order chi connectivity index (χ1) is 8.99. The van der Waals surface area contributed by atoms with Gasteiger partial charge in [0.15, 0.2) is 0 Å². The fraction of sp³-hybridized carbons (Fsp3) is 0.385. The monoisotopic (exact) mass is 284 g/mol. The summed E-state index contributed by atoms with van der Waals surface area (Å²) in [5, 5.41) is 2.63. The van der Waals surface area contributed by atoms with Crippen LogP contribution in [0.4, 0.5) is 4.39 Å². The molecule has 0 saturated heterocycles. The molecule has 1 aromatic carbocycles. The lowest BCUT2D eigenvalue weighted by molar-refractivity contribution is 0.0941. The number of nitrogens with two attached hydrogens (primary N) is 1. The fourth-order valence-electron chi connectivity index (χ4n) is 1.62. The fourth-order valence-corrected chi connectivity index (χ4v) is 1.79. The summed E-state index contributed by atoms with van der Waals surface area (Å²) in [6.07, 6.45) is 1.44. The van der Waals surface area contributed by atoms with E-state index >= 15 is 0 Å². The highest BCUT2D eigenvalue weighted by Gasteiger charge is 2.18. The molecule has 0 fully saturated rings. The molecule has 19 heavy (non-hydrogen) atoms. The topological polar surface area (TPSA) is 64.3 Å². The summed E-state index contributed by atoms with van der Waals surface area (Å²) in [4.78, 5) is 12.1. The number of rotatable bonds is 6. The second-order valence-corrected chi connectivity index (χ2v) is 4.53. The number of methoxy groups -OCH3 is 1. The van der Waals surface area contributed by atoms with E-state index in [1.165, 1.54) is 19.2 Å². The minimum Gasteiger partial charge on any atom is -0.497 e. The van der Waals surface area contributed by atoms with Crippen molar-refractivity contribution in [3.63, 3.8) is 0 Å². The molecular weight excluding hydrogens is 267 g/mol. The maximum atomic E-state index is 13.7. The molecule has 1 rings (SSSR count). The molecule has 0 aliphatic rings. The summed E-state index contributed by atoms with van der Waals surface area (Å²) >= 11 is 4.87. The number of hydrogen-bond acceptors (Lipinski definition) is 3. The highest BCUT2D eigenvalue weighted by molar-refractivity contribution is 7.80. The molecule has 0 heterocycles. The number of thiocarbonyl (C=S) groups is 1. The van der Waals surface area contributed by atoms with Crippen LogP contribution in [0.25, 0.3) is 0 Å². The smallest absolute Gasteiger partial charge is 0.254 e. The molecule has 3 N–H and O–H groups in total. The molecule has 6 heteroatoms. The van der Waals surface area contributed by atoms with Crippen LogP contribution in [-0.2, 0) is 0 Å². The maximum Gasteiger partial charge on any atom is 0.254 e. The molecule has 0 aliphatic carbocycles. The van der Waals surface area contributed by atoms with Gasteiger partial charge in [-0.05, 0) is 18.6 Å². The van der Waals surface area contributed by atoms with Crippen molar-refractivity contribution in [1.82, 2.24) is 5.32 Å². The zero-order valence-electron chi connectivity index (χ0n) is 10.9. The van der Waals surface area contributed by atoms with Gasteiger partial charge in [-0.2, -0.15) is 0 Å². The first kappa shape index (κ1) is 15.4. The van der Waals surface area contributed by atoms with Gasteiger partial charge >= 0.3 is 0 Å². The number of hydrogen-bond donors (Lipinski definition) is 2. The summed E-state index contributed by atoms with van der Waals surface area (Å²) in [5.41, 5.74) is 5.48. The standard InChI is InChI=1S/C13H17FN2O2S/c1-3-4-11(12(15)19)16-13(17)9-6-5-8(18-2)7-10(9)14/h5-7,11H,3-4H2,1-2H3,(H2,15,19)(H,16,17). The van der Waals surface area contributed by atoms with Crippen LogP contribution in [0, 0.1) is 5.82 Å². The lowest BCUT2D eigenvalue weighted by atomic mass is 10.1. The number of nitrogens with one attached hydrogen (secondary N) is 1. The highest BCUT2D eigenvalue weighted by Crippen LogP contribution is 2.16. The molecular formula is C13H17FN2O2S. The molecule has 104 valence electrons. The lowest BCUT2D eigenvalue weighted by Gasteiger charge is -2.17. The largest absolute Gasteiger partial charge is 0.497 e. The SMILES string of the molecule is CCCC(NC(=O)c1ccc(OC)cc1F)C(N)=S. The Labute approximate surface area is 117 Å². The normalized spacial score (nSPS) is 11.7. The van der Waals surface area contributed by atoms with Crippen LogP contribution < -0.4 is 15.8 Å². The van der Waals surface area contributed by atoms with Crippen LogP contribution >= 0.6 is 12.2 Å². The van der Waals surface area contributed by atoms with Crippen molar-refractivity contribution in [2.75, 3.05) is 7.11 Å². The van der Waals surface area contributed by atoms with Gasteiger partial charge in [-0.25, -0.2) is 4.39 Å². The van der Waals surface area contributed by atoms with Crippen molar-refractivity contribution in [3.8, 4) is 5.75 Å². The molecule has 4 nitrogen and oxygen atoms in total. The quantitative estimate of drug-likeness (QED) is 0.784. The van der Waals surface area contributed by atoms with Gasteiger partial charge in [0.1, 0.15) is 11.6 Å². The molecule has 0 spiro atoms. The Balaban J connectivity index is 2.85. The van der Waals surface area contributed by atoms with Crippen molar-refractivity contribution in [2.45, 2.75) is 25.8 Å². The molecule has 0 aromatic heterocycles. The predicted molar refractivity (Wildman–Crippen MR) is 75.9 cm³/mol. The van der Waals surface area contributed by atoms with Crippen LogP contribution in [-0.4, -0.2) is 24.0 Å². The first-order valence-corrected chi connectivity index (χ1v) is 6.34. The van der Waals surface area contributed by atoms with Gasteiger partial charge in [0, 0.05) is 6.07 Å². The van der Waals surface area contributed by atoms with Crippen LogP contribution in [0.5, 0.6) is 5.75 Å². The van der Waals surface area contributed by atoms with Gasteiger partial charge in [-0.3, -0.25) is 4.79 Å². The summed E-state index contributed by atoms with van der Waals surface area (Å²) in [5.74, 6) is -0.824. The van der Waals surface area contributed by atoms with Gasteiger partial charge in [0.05, 0.1) is 23.7 Å². The molecule has 0 bridgehead atoms. The van der Waals surface area contributed by atoms with Crippen molar-refractivity contribution < 1.29 is 13.9 Å². The Morgan fingerprint density at radius 2 is 2.26 bits per heavy atom. The van der Waals surface area contributed by atoms with Gasteiger partial charge in [0.2, 0.25) is 0 Å². The van der Waals surface area contributed by atoms with E-state index in [-0.39, 0.29) is 10.6 Å². The second kappa shape index (κ2) is 7.04. The summed E-state index contributed by atoms with van der Waals surface area (Å²) in [6, 6.07) is 3.62. The van der Waals surface area contributed by atoms with Gasteiger partial charge in [-0.15, -0.1) is 0 Å². The van der Waals surface area contributed by atoms with Crippen molar-refractivity contribution in [2.24, 2.45) is 5.73 Å². The third-order valence-electron chi connectivity index (χ3n) is 2.65. The Hall–Kier alpha value is -1.69. The summed E-state index contributed by atoms with van der Waals surface area (Å²) in [6.45, 7) is 1.95. The van der Waals surface area contributed by atoms with Gasteiger partial charge < -0.3 is 15.8 Å². The molecule has 0 aliphatic heterocycles. The number of ether oxygens (including phenoxy) is 1. The van der Waals surface area contributed by atoms with Crippen LogP contribution in [0.1, 0.15) is 30.1 Å². The number of carbonyl (C=O) groups is 1. The van der Waals surface area contributed by atoms with E-state index in [1.54, 1.807) is 0 Å². The van der Waals surface area contributed by atoms with Gasteiger partial charge in [-0.1, -0.05) is 25.6 Å². The second-order valence-electron chi connectivity index (χ2n) is 4.06. The highest BCUT2D eigenvalue weighted by atomic mass is 32.1. The summed E-state index contributed by atoms with van der Waals surface area (Å²) in [7, 11) is 1.43. The van der Waals surface area contributed by atoms with Crippen molar-refractivity contribution in [1.29, 1.82) is 0 Å². The zero-order valence-corrected chi connectivity index (χ0v) is 11.7. The Morgan fingerprint density at radius 3 is 2.74 bits per heavy atom. The summed E-state index contributed by atoms with van der Waals surface area (Å²) < 4.78 is 18.6. The third kappa shape index (κ3) is 4.17. The maximum absolute atomic E-state index is 13.7. The third-order valence-corrected chi connectivity index (χ3v) is 2.93. The van der Waals surface area contributed by atoms with Crippen LogP contribution in [0.2, 0.25) is 0 Å². The number of carbonyl (C=O) groups excluding carboxylic acids is 1. The van der Waals surface area contributed by atoms with E-state index < -0.39 is 17.8 Å². The van der Waals surface area contributed by atoms with E-state index in [2.05, 4.69) is 5.32 Å². The number of benzene rings is 1. The van der Waals surface area contributed by atoms with Crippen LogP contribution in [0.15, 0.2) is 18.2 Å². The van der Waals surface area contributed by atoms with Gasteiger partial charge in [0.25, 0.3) is 5.91 Å². The predicted octanol–water partition coefficient (Wildman–Crippen LogP) is 2.02. The Kier molecular flexibility index (Phi) is 5.69. The van der Waals surface area contributed by atoms with E-state index in [9.17, 15) is 9.18 Å². The molecule has 1 amide bonds. The average Bonchev–Trinajstić information content (AvgIpc) is 2.37. The Morgan fingerprint density at radius 1 is 1.58 bits per heavy atom. The zero-order chi connectivity index (χ0) is 14.4. The van der Waals surface area contributed by atoms with E-state index in [0.717, 1.165) is 12.5 Å². The van der Waals surface area contributed by atoms with E-state index in [1.807, 2.05) is 6.92 Å². The minimum absolute atomic E-state index is 0.0573. The van der Waals surface area contributed by atoms with Crippen LogP contribution in [0.3, 0.4) is 0 Å². The molecule has 0 radical (unpaired) electrons. The molecule has 1 atom stereocenters. The van der Waals surface area contributed by atoms with Crippen molar-refractivity contribution in [3.05, 3.63) is 29.6 Å².